The zero-order valence-corrected chi connectivity index (χ0v) is 12.2. The number of para-hydroxylation sites is 1. The lowest BCUT2D eigenvalue weighted by molar-refractivity contribution is 0.252. The number of ether oxygens (including phenoxy) is 1. The second kappa shape index (κ2) is 5.90. The van der Waals surface area contributed by atoms with E-state index >= 15 is 0 Å². The highest BCUT2D eigenvalue weighted by Gasteiger charge is 2.23. The molecule has 1 aromatic rings. The first-order chi connectivity index (χ1) is 8.16. The predicted octanol–water partition coefficient (Wildman–Crippen LogP) is 4.75. The van der Waals surface area contributed by atoms with Gasteiger partial charge in [-0.2, -0.15) is 0 Å². The summed E-state index contributed by atoms with van der Waals surface area (Å²) in [6, 6.07) is 8.51. The van der Waals surface area contributed by atoms with Crippen molar-refractivity contribution in [3.63, 3.8) is 0 Å². The highest BCUT2D eigenvalue weighted by atomic mass is 79.9. The molecule has 0 fully saturated rings. The molecule has 0 N–H and O–H groups in total. The summed E-state index contributed by atoms with van der Waals surface area (Å²) in [6.07, 6.45) is 3.69. The summed E-state index contributed by atoms with van der Waals surface area (Å²) in [6.45, 7) is 5.46. The minimum atomic E-state index is 0.618. The van der Waals surface area contributed by atoms with Gasteiger partial charge in [-0.25, -0.2) is 0 Å². The molecule has 0 saturated heterocycles. The van der Waals surface area contributed by atoms with E-state index in [2.05, 4.69) is 54.0 Å². The van der Waals surface area contributed by atoms with Crippen molar-refractivity contribution >= 4 is 15.9 Å². The highest BCUT2D eigenvalue weighted by molar-refractivity contribution is 9.09. The molecular formula is C15H21BrO. The van der Waals surface area contributed by atoms with Crippen molar-refractivity contribution in [2.45, 2.75) is 43.9 Å². The number of hydrogen-bond acceptors (Lipinski definition) is 1. The van der Waals surface area contributed by atoms with E-state index in [0.717, 1.165) is 24.7 Å². The Bertz CT molecular complexity index is 362. The van der Waals surface area contributed by atoms with Gasteiger partial charge in [-0.3, -0.25) is 0 Å². The molecule has 0 aliphatic carbocycles. The van der Waals surface area contributed by atoms with E-state index in [1.165, 1.54) is 18.4 Å². The molecule has 0 radical (unpaired) electrons. The van der Waals surface area contributed by atoms with Crippen LogP contribution in [0.3, 0.4) is 0 Å². The third kappa shape index (κ3) is 3.48. The van der Waals surface area contributed by atoms with E-state index in [-0.39, 0.29) is 0 Å². The number of hydrogen-bond donors (Lipinski definition) is 0. The van der Waals surface area contributed by atoms with Crippen molar-refractivity contribution < 1.29 is 4.74 Å². The summed E-state index contributed by atoms with van der Waals surface area (Å²) in [4.78, 5) is 0.618. The largest absolute Gasteiger partial charge is 0.493 e. The van der Waals surface area contributed by atoms with Crippen LogP contribution in [0.5, 0.6) is 5.75 Å². The zero-order valence-electron chi connectivity index (χ0n) is 10.7. The zero-order chi connectivity index (χ0) is 12.3. The molecule has 0 spiro atoms. The van der Waals surface area contributed by atoms with Gasteiger partial charge < -0.3 is 4.74 Å². The van der Waals surface area contributed by atoms with Gasteiger partial charge >= 0.3 is 0 Å². The number of halogens is 1. The maximum absolute atomic E-state index is 5.71. The minimum absolute atomic E-state index is 0.618. The molecule has 1 nitrogen and oxygen atoms in total. The van der Waals surface area contributed by atoms with Crippen molar-refractivity contribution in [1.82, 2.24) is 0 Å². The van der Waals surface area contributed by atoms with Crippen molar-refractivity contribution in [2.24, 2.45) is 5.92 Å². The second-order valence-electron chi connectivity index (χ2n) is 5.23. The Hall–Kier alpha value is -0.500. The van der Waals surface area contributed by atoms with E-state index in [1.807, 2.05) is 0 Å². The molecule has 2 rings (SSSR count). The fourth-order valence-electron chi connectivity index (χ4n) is 2.80. The van der Waals surface area contributed by atoms with Gasteiger partial charge in [0.05, 0.1) is 6.61 Å². The lowest BCUT2D eigenvalue weighted by Crippen LogP contribution is -2.17. The average molecular weight is 297 g/mol. The molecule has 3 unspecified atom stereocenters. The Morgan fingerprint density at radius 3 is 2.88 bits per heavy atom. The van der Waals surface area contributed by atoms with Crippen molar-refractivity contribution in [1.29, 1.82) is 0 Å². The maximum Gasteiger partial charge on any atom is 0.122 e. The number of rotatable bonds is 4. The summed E-state index contributed by atoms with van der Waals surface area (Å²) in [5.41, 5.74) is 1.41. The number of fused-ring (bicyclic) bond motifs is 1. The summed E-state index contributed by atoms with van der Waals surface area (Å²) in [7, 11) is 0. The van der Waals surface area contributed by atoms with Crippen molar-refractivity contribution in [3.8, 4) is 5.75 Å². The van der Waals surface area contributed by atoms with Gasteiger partial charge in [0.1, 0.15) is 5.75 Å². The van der Waals surface area contributed by atoms with Gasteiger partial charge in [0.15, 0.2) is 0 Å². The van der Waals surface area contributed by atoms with E-state index in [1.54, 1.807) is 0 Å². The van der Waals surface area contributed by atoms with Gasteiger partial charge in [0.25, 0.3) is 0 Å². The van der Waals surface area contributed by atoms with Crippen LogP contribution in [-0.2, 0) is 0 Å². The Labute approximate surface area is 113 Å². The fourth-order valence-corrected chi connectivity index (χ4v) is 3.44. The third-order valence-electron chi connectivity index (χ3n) is 3.50. The summed E-state index contributed by atoms with van der Waals surface area (Å²) >= 11 is 3.65. The topological polar surface area (TPSA) is 9.23 Å². The van der Waals surface area contributed by atoms with Crippen LogP contribution < -0.4 is 4.74 Å². The first kappa shape index (κ1) is 12.9. The Balaban J connectivity index is 2.03. The smallest absolute Gasteiger partial charge is 0.122 e. The lowest BCUT2D eigenvalue weighted by Gasteiger charge is -2.28. The minimum Gasteiger partial charge on any atom is -0.493 e. The van der Waals surface area contributed by atoms with Gasteiger partial charge in [-0.1, -0.05) is 48.0 Å². The van der Waals surface area contributed by atoms with Gasteiger partial charge in [-0.15, -0.1) is 0 Å². The first-order valence-electron chi connectivity index (χ1n) is 6.52. The van der Waals surface area contributed by atoms with Crippen LogP contribution in [0.25, 0.3) is 0 Å². The van der Waals surface area contributed by atoms with Crippen molar-refractivity contribution in [3.05, 3.63) is 29.8 Å². The van der Waals surface area contributed by atoms with Crippen LogP contribution in [0.1, 0.15) is 44.6 Å². The average Bonchev–Trinajstić information content (AvgIpc) is 2.28. The van der Waals surface area contributed by atoms with E-state index < -0.39 is 0 Å². The van der Waals surface area contributed by atoms with Crippen molar-refractivity contribution in [2.75, 3.05) is 6.61 Å². The SMILES string of the molecule is CC(Br)CC(C)CC1CCOc2ccccc21. The number of benzene rings is 1. The first-order valence-corrected chi connectivity index (χ1v) is 7.44. The van der Waals surface area contributed by atoms with Crippen LogP contribution in [0, 0.1) is 5.92 Å². The molecule has 2 heteroatoms. The standard InChI is InChI=1S/C15H21BrO/c1-11(9-12(2)16)10-13-7-8-17-15-6-4-3-5-14(13)15/h3-6,11-13H,7-10H2,1-2H3. The second-order valence-corrected chi connectivity index (χ2v) is 6.79. The van der Waals surface area contributed by atoms with E-state index in [9.17, 15) is 0 Å². The fraction of sp³-hybridized carbons (Fsp3) is 0.600. The summed E-state index contributed by atoms with van der Waals surface area (Å²) in [5.74, 6) is 2.55. The molecule has 0 amide bonds. The van der Waals surface area contributed by atoms with Crippen LogP contribution in [0.4, 0.5) is 0 Å². The highest BCUT2D eigenvalue weighted by Crippen LogP contribution is 2.38. The summed E-state index contributed by atoms with van der Waals surface area (Å²) < 4.78 is 5.71. The molecule has 1 heterocycles. The molecule has 3 atom stereocenters. The van der Waals surface area contributed by atoms with Crippen LogP contribution in [-0.4, -0.2) is 11.4 Å². The van der Waals surface area contributed by atoms with Gasteiger partial charge in [0, 0.05) is 4.83 Å². The maximum atomic E-state index is 5.71. The quantitative estimate of drug-likeness (QED) is 0.729. The Morgan fingerprint density at radius 1 is 1.35 bits per heavy atom. The molecule has 1 aromatic carbocycles. The van der Waals surface area contributed by atoms with Gasteiger partial charge in [0.2, 0.25) is 0 Å². The predicted molar refractivity (Wildman–Crippen MR) is 76.1 cm³/mol. The molecule has 17 heavy (non-hydrogen) atoms. The van der Waals surface area contributed by atoms with Gasteiger partial charge in [-0.05, 0) is 42.7 Å². The molecule has 94 valence electrons. The molecule has 0 saturated carbocycles. The Morgan fingerprint density at radius 2 is 2.12 bits per heavy atom. The van der Waals surface area contributed by atoms with Crippen LogP contribution in [0.2, 0.25) is 0 Å². The molecule has 1 aliphatic heterocycles. The molecule has 0 aromatic heterocycles. The van der Waals surface area contributed by atoms with Crippen LogP contribution in [0.15, 0.2) is 24.3 Å². The van der Waals surface area contributed by atoms with Crippen LogP contribution >= 0.6 is 15.9 Å². The molecule has 0 bridgehead atoms. The lowest BCUT2D eigenvalue weighted by atomic mass is 9.84. The monoisotopic (exact) mass is 296 g/mol. The summed E-state index contributed by atoms with van der Waals surface area (Å²) in [5, 5.41) is 0. The molecular weight excluding hydrogens is 276 g/mol. The molecule has 1 aliphatic rings. The van der Waals surface area contributed by atoms with E-state index in [0.29, 0.717) is 10.7 Å². The van der Waals surface area contributed by atoms with E-state index in [4.69, 9.17) is 4.74 Å². The Kier molecular flexibility index (Phi) is 4.49. The third-order valence-corrected chi connectivity index (χ3v) is 3.87. The normalized spacial score (nSPS) is 22.4. The number of alkyl halides is 1.